The number of carbonyl (C=O) groups is 1. The molecular weight excluding hydrogens is 398 g/mol. The summed E-state index contributed by atoms with van der Waals surface area (Å²) in [6.07, 6.45) is 5.40. The summed E-state index contributed by atoms with van der Waals surface area (Å²) in [6, 6.07) is 15.0. The first-order valence-corrected chi connectivity index (χ1v) is 10.7. The number of aryl methyl sites for hydroxylation is 1. The number of ketones is 1. The molecule has 1 fully saturated rings. The number of hydrogen-bond acceptors (Lipinski definition) is 4. The number of nitrogens with zero attached hydrogens (tertiary/aromatic N) is 2. The zero-order valence-corrected chi connectivity index (χ0v) is 17.7. The summed E-state index contributed by atoms with van der Waals surface area (Å²) in [4.78, 5) is 36.1. The average molecular weight is 422 g/mol. The van der Waals surface area contributed by atoms with Crippen molar-refractivity contribution in [1.29, 1.82) is 0 Å². The SMILES string of the molecule is CC1(C(=O)CCc2ccc(Cl)c(-c3nc(-c4ccccc4)nc(=O)[nH]3)c2)CCCC1. The second-order valence-electron chi connectivity index (χ2n) is 8.20. The van der Waals surface area contributed by atoms with Crippen molar-refractivity contribution in [3.05, 3.63) is 69.6 Å². The molecule has 0 amide bonds. The molecule has 30 heavy (non-hydrogen) atoms. The highest BCUT2D eigenvalue weighted by atomic mass is 35.5. The first-order chi connectivity index (χ1) is 14.4. The summed E-state index contributed by atoms with van der Waals surface area (Å²) < 4.78 is 0. The first kappa shape index (κ1) is 20.5. The predicted molar refractivity (Wildman–Crippen MR) is 118 cm³/mol. The summed E-state index contributed by atoms with van der Waals surface area (Å²) >= 11 is 6.42. The van der Waals surface area contributed by atoms with E-state index < -0.39 is 5.69 Å². The third kappa shape index (κ3) is 4.36. The van der Waals surface area contributed by atoms with Gasteiger partial charge < -0.3 is 0 Å². The average Bonchev–Trinajstić information content (AvgIpc) is 3.21. The van der Waals surface area contributed by atoms with Gasteiger partial charge in [0.25, 0.3) is 0 Å². The number of hydrogen-bond donors (Lipinski definition) is 1. The van der Waals surface area contributed by atoms with Crippen LogP contribution in [0, 0.1) is 5.41 Å². The van der Waals surface area contributed by atoms with Crippen molar-refractivity contribution in [1.82, 2.24) is 15.0 Å². The van der Waals surface area contributed by atoms with E-state index in [1.807, 2.05) is 42.5 Å². The minimum atomic E-state index is -0.482. The number of halogens is 1. The Labute approximate surface area is 180 Å². The van der Waals surface area contributed by atoms with E-state index in [-0.39, 0.29) is 5.41 Å². The van der Waals surface area contributed by atoms with Crippen molar-refractivity contribution in [3.63, 3.8) is 0 Å². The summed E-state index contributed by atoms with van der Waals surface area (Å²) in [7, 11) is 0. The van der Waals surface area contributed by atoms with E-state index in [0.717, 1.165) is 36.8 Å². The molecule has 5 nitrogen and oxygen atoms in total. The molecule has 0 unspecified atom stereocenters. The summed E-state index contributed by atoms with van der Waals surface area (Å²) in [5.74, 6) is 1.05. The zero-order chi connectivity index (χ0) is 21.1. The van der Waals surface area contributed by atoms with E-state index in [1.165, 1.54) is 0 Å². The monoisotopic (exact) mass is 421 g/mol. The van der Waals surface area contributed by atoms with E-state index in [4.69, 9.17) is 11.6 Å². The maximum Gasteiger partial charge on any atom is 0.348 e. The third-order valence-corrected chi connectivity index (χ3v) is 6.32. The molecule has 1 aromatic heterocycles. The smallest absolute Gasteiger partial charge is 0.299 e. The molecule has 1 aliphatic carbocycles. The normalized spacial score (nSPS) is 15.3. The lowest BCUT2D eigenvalue weighted by Gasteiger charge is -2.21. The van der Waals surface area contributed by atoms with Crippen LogP contribution in [0.15, 0.2) is 53.3 Å². The van der Waals surface area contributed by atoms with Crippen LogP contribution >= 0.6 is 11.6 Å². The Morgan fingerprint density at radius 1 is 1.10 bits per heavy atom. The molecular formula is C24H24ClN3O2. The van der Waals surface area contributed by atoms with Gasteiger partial charge in [-0.2, -0.15) is 4.98 Å². The van der Waals surface area contributed by atoms with Gasteiger partial charge in [0.2, 0.25) is 0 Å². The number of H-pyrrole nitrogens is 1. The van der Waals surface area contributed by atoms with E-state index in [0.29, 0.717) is 40.9 Å². The van der Waals surface area contributed by atoms with Gasteiger partial charge in [-0.3, -0.25) is 9.78 Å². The maximum atomic E-state index is 12.7. The molecule has 3 aromatic rings. The lowest BCUT2D eigenvalue weighted by molar-refractivity contribution is -0.127. The fraction of sp³-hybridized carbons (Fsp3) is 0.333. The Balaban J connectivity index is 1.60. The van der Waals surface area contributed by atoms with Crippen LogP contribution in [0.25, 0.3) is 22.8 Å². The lowest BCUT2D eigenvalue weighted by Crippen LogP contribution is -2.24. The molecule has 1 saturated carbocycles. The molecule has 6 heteroatoms. The molecule has 0 bridgehead atoms. The number of benzene rings is 2. The molecule has 4 rings (SSSR count). The Hall–Kier alpha value is -2.79. The third-order valence-electron chi connectivity index (χ3n) is 5.99. The summed E-state index contributed by atoms with van der Waals surface area (Å²) in [6.45, 7) is 2.09. The highest BCUT2D eigenvalue weighted by Gasteiger charge is 2.35. The molecule has 1 heterocycles. The number of aromatic nitrogens is 3. The van der Waals surface area contributed by atoms with Crippen LogP contribution in [-0.2, 0) is 11.2 Å². The first-order valence-electron chi connectivity index (χ1n) is 10.3. The van der Waals surface area contributed by atoms with Gasteiger partial charge in [-0.05, 0) is 37.0 Å². The van der Waals surface area contributed by atoms with Crippen molar-refractivity contribution in [2.45, 2.75) is 45.4 Å². The fourth-order valence-corrected chi connectivity index (χ4v) is 4.34. The topological polar surface area (TPSA) is 75.7 Å². The summed E-state index contributed by atoms with van der Waals surface area (Å²) in [5, 5.41) is 0.487. The maximum absolute atomic E-state index is 12.7. The molecule has 1 aliphatic rings. The highest BCUT2D eigenvalue weighted by molar-refractivity contribution is 6.33. The lowest BCUT2D eigenvalue weighted by atomic mass is 9.81. The van der Waals surface area contributed by atoms with Crippen LogP contribution in [0.4, 0.5) is 0 Å². The minimum absolute atomic E-state index is 0.169. The number of nitrogens with one attached hydrogen (secondary N) is 1. The van der Waals surface area contributed by atoms with Gasteiger partial charge in [0.15, 0.2) is 5.82 Å². The molecule has 0 spiro atoms. The van der Waals surface area contributed by atoms with Crippen molar-refractivity contribution in [2.75, 3.05) is 0 Å². The number of rotatable bonds is 6. The van der Waals surface area contributed by atoms with E-state index in [2.05, 4.69) is 21.9 Å². The van der Waals surface area contributed by atoms with Crippen molar-refractivity contribution in [2.24, 2.45) is 5.41 Å². The largest absolute Gasteiger partial charge is 0.348 e. The van der Waals surface area contributed by atoms with Gasteiger partial charge in [-0.1, -0.05) is 67.8 Å². The molecule has 0 atom stereocenters. The van der Waals surface area contributed by atoms with Gasteiger partial charge in [-0.15, -0.1) is 0 Å². The molecule has 2 aromatic carbocycles. The van der Waals surface area contributed by atoms with Crippen LogP contribution in [-0.4, -0.2) is 20.7 Å². The molecule has 0 saturated heterocycles. The van der Waals surface area contributed by atoms with Crippen LogP contribution in [0.3, 0.4) is 0 Å². The van der Waals surface area contributed by atoms with Crippen LogP contribution in [0.5, 0.6) is 0 Å². The van der Waals surface area contributed by atoms with Crippen LogP contribution in [0.2, 0.25) is 5.02 Å². The van der Waals surface area contributed by atoms with E-state index >= 15 is 0 Å². The van der Waals surface area contributed by atoms with Gasteiger partial charge in [0, 0.05) is 23.0 Å². The van der Waals surface area contributed by atoms with Crippen LogP contribution < -0.4 is 5.69 Å². The molecule has 1 N–H and O–H groups in total. The highest BCUT2D eigenvalue weighted by Crippen LogP contribution is 2.39. The van der Waals surface area contributed by atoms with Crippen molar-refractivity contribution < 1.29 is 4.79 Å². The Kier molecular flexibility index (Phi) is 5.82. The number of Topliss-reactive ketones (excluding diaryl/α,β-unsaturated/α-hetero) is 1. The quantitative estimate of drug-likeness (QED) is 0.590. The van der Waals surface area contributed by atoms with Crippen LogP contribution in [0.1, 0.15) is 44.6 Å². The minimum Gasteiger partial charge on any atom is -0.299 e. The fourth-order valence-electron chi connectivity index (χ4n) is 4.13. The second-order valence-corrected chi connectivity index (χ2v) is 8.60. The Bertz CT molecular complexity index is 1120. The predicted octanol–water partition coefficient (Wildman–Crippen LogP) is 5.23. The van der Waals surface area contributed by atoms with E-state index in [9.17, 15) is 9.59 Å². The Morgan fingerprint density at radius 2 is 1.83 bits per heavy atom. The van der Waals surface area contributed by atoms with Gasteiger partial charge in [0.05, 0.1) is 5.02 Å². The number of aromatic amines is 1. The zero-order valence-electron chi connectivity index (χ0n) is 17.0. The van der Waals surface area contributed by atoms with Crippen molar-refractivity contribution in [3.8, 4) is 22.8 Å². The van der Waals surface area contributed by atoms with Gasteiger partial charge >= 0.3 is 5.69 Å². The molecule has 0 radical (unpaired) electrons. The molecule has 0 aliphatic heterocycles. The standard InChI is InChI=1S/C24H24ClN3O2/c1-24(13-5-6-14-24)20(29)12-10-16-9-11-19(25)18(15-16)22-26-21(27-23(30)28-22)17-7-3-2-4-8-17/h2-4,7-9,11,15H,5-6,10,12-14H2,1H3,(H,26,27,28,30). The van der Waals surface area contributed by atoms with Gasteiger partial charge in [0.1, 0.15) is 11.6 Å². The molecule has 154 valence electrons. The number of carbonyl (C=O) groups excluding carboxylic acids is 1. The Morgan fingerprint density at radius 3 is 2.57 bits per heavy atom. The summed E-state index contributed by atoms with van der Waals surface area (Å²) in [5.41, 5.74) is 1.73. The van der Waals surface area contributed by atoms with Crippen molar-refractivity contribution >= 4 is 17.4 Å². The second kappa shape index (κ2) is 8.52. The van der Waals surface area contributed by atoms with Gasteiger partial charge in [-0.25, -0.2) is 9.78 Å². The van der Waals surface area contributed by atoms with E-state index in [1.54, 1.807) is 6.07 Å².